The quantitative estimate of drug-likeness (QED) is 0.268. The zero-order valence-electron chi connectivity index (χ0n) is 8.45. The van der Waals surface area contributed by atoms with Crippen molar-refractivity contribution in [1.29, 1.82) is 0 Å². The number of phosphoric acid groups is 1. The highest BCUT2D eigenvalue weighted by Gasteiger charge is 2.06. The van der Waals surface area contributed by atoms with Crippen LogP contribution < -0.4 is 5.73 Å². The summed E-state index contributed by atoms with van der Waals surface area (Å²) in [6.07, 6.45) is 3.70. The molecule has 0 aromatic rings. The van der Waals surface area contributed by atoms with Crippen LogP contribution in [0, 0.1) is 0 Å². The molecule has 0 spiro atoms. The highest BCUT2D eigenvalue weighted by Crippen LogP contribution is 2.25. The van der Waals surface area contributed by atoms with E-state index in [0.717, 1.165) is 4.90 Å². The molecule has 2 amide bonds. The van der Waals surface area contributed by atoms with Crippen LogP contribution in [0.4, 0.5) is 4.79 Å². The Hall–Kier alpha value is -1.74. The molecule has 0 radical (unpaired) electrons. The molecule has 0 aromatic heterocycles. The number of hydrogen-bond acceptors (Lipinski definition) is 4. The highest BCUT2D eigenvalue weighted by atomic mass is 31.2. The fourth-order valence-electron chi connectivity index (χ4n) is 0.518. The smallest absolute Gasteiger partial charge is 0.465 e. The number of primary amides is 1. The molecule has 1 aliphatic rings. The van der Waals surface area contributed by atoms with Crippen molar-refractivity contribution in [1.82, 2.24) is 4.90 Å². The second-order valence-corrected chi connectivity index (χ2v) is 3.24. The molecular weight excluding hydrogens is 257 g/mol. The first-order chi connectivity index (χ1) is 7.72. The van der Waals surface area contributed by atoms with Gasteiger partial charge in [-0.3, -0.25) is 14.7 Å². The second-order valence-electron chi connectivity index (χ2n) is 2.21. The van der Waals surface area contributed by atoms with Crippen molar-refractivity contribution in [2.24, 2.45) is 10.7 Å². The van der Waals surface area contributed by atoms with Crippen molar-refractivity contribution in [3.63, 3.8) is 0 Å². The Morgan fingerprint density at radius 3 is 2.06 bits per heavy atom. The van der Waals surface area contributed by atoms with Gasteiger partial charge in [0.2, 0.25) is 6.41 Å². The summed E-state index contributed by atoms with van der Waals surface area (Å²) < 4.78 is 8.88. The van der Waals surface area contributed by atoms with Crippen LogP contribution in [-0.2, 0) is 9.36 Å². The molecule has 98 valence electrons. The zero-order valence-corrected chi connectivity index (χ0v) is 9.34. The lowest BCUT2D eigenvalue weighted by Gasteiger charge is -2.11. The van der Waals surface area contributed by atoms with Crippen molar-refractivity contribution in [3.8, 4) is 0 Å². The maximum atomic E-state index is 10.2. The van der Waals surface area contributed by atoms with Crippen molar-refractivity contribution >= 4 is 26.5 Å². The SMILES string of the molecule is NC=O.O=C(O)N1C=CN=CC1.O=P(O)(O)O. The van der Waals surface area contributed by atoms with Crippen molar-refractivity contribution in [2.75, 3.05) is 6.54 Å². The van der Waals surface area contributed by atoms with Gasteiger partial charge in [0.15, 0.2) is 0 Å². The van der Waals surface area contributed by atoms with Crippen LogP contribution in [0.5, 0.6) is 0 Å². The van der Waals surface area contributed by atoms with E-state index in [0.29, 0.717) is 6.54 Å². The number of carboxylic acid groups (broad SMARTS) is 1. The summed E-state index contributed by atoms with van der Waals surface area (Å²) >= 11 is 0. The Morgan fingerprint density at radius 2 is 1.88 bits per heavy atom. The number of nitrogens with zero attached hydrogens (tertiary/aromatic N) is 2. The van der Waals surface area contributed by atoms with Gasteiger partial charge in [0.05, 0.1) is 6.54 Å². The number of rotatable bonds is 0. The predicted molar refractivity (Wildman–Crippen MR) is 56.9 cm³/mol. The molecule has 0 fully saturated rings. The van der Waals surface area contributed by atoms with E-state index in [1.54, 1.807) is 0 Å². The molecule has 1 aliphatic heterocycles. The Labute approximate surface area is 95.9 Å². The molecule has 0 aliphatic carbocycles. The monoisotopic (exact) mass is 269 g/mol. The van der Waals surface area contributed by atoms with Crippen molar-refractivity contribution in [3.05, 3.63) is 12.4 Å². The molecule has 11 heteroatoms. The van der Waals surface area contributed by atoms with Gasteiger partial charge in [-0.2, -0.15) is 0 Å². The molecule has 0 atom stereocenters. The highest BCUT2D eigenvalue weighted by molar-refractivity contribution is 7.45. The Morgan fingerprint density at radius 1 is 1.47 bits per heavy atom. The van der Waals surface area contributed by atoms with E-state index in [9.17, 15) is 4.79 Å². The molecule has 1 rings (SSSR count). The van der Waals surface area contributed by atoms with E-state index in [4.69, 9.17) is 29.1 Å². The molecule has 6 N–H and O–H groups in total. The average molecular weight is 269 g/mol. The first-order valence-corrected chi connectivity index (χ1v) is 5.40. The Balaban J connectivity index is 0. The van der Waals surface area contributed by atoms with Crippen LogP contribution >= 0.6 is 7.82 Å². The number of hydrogen-bond donors (Lipinski definition) is 5. The molecule has 0 saturated carbocycles. The third-order valence-corrected chi connectivity index (χ3v) is 0.962. The van der Waals surface area contributed by atoms with Gasteiger partial charge in [-0.15, -0.1) is 0 Å². The molecule has 0 aromatic carbocycles. The van der Waals surface area contributed by atoms with E-state index >= 15 is 0 Å². The van der Waals surface area contributed by atoms with Crippen LogP contribution in [0.25, 0.3) is 0 Å². The van der Waals surface area contributed by atoms with Crippen LogP contribution in [0.15, 0.2) is 17.4 Å². The van der Waals surface area contributed by atoms with Gasteiger partial charge in [0.25, 0.3) is 0 Å². The van der Waals surface area contributed by atoms with Crippen molar-refractivity contribution in [2.45, 2.75) is 0 Å². The minimum atomic E-state index is -4.64. The maximum absolute atomic E-state index is 10.2. The predicted octanol–water partition coefficient (Wildman–Crippen LogP) is -1.31. The Kier molecular flexibility index (Phi) is 9.85. The van der Waals surface area contributed by atoms with Gasteiger partial charge in [-0.05, 0) is 0 Å². The third kappa shape index (κ3) is 20.4. The number of aliphatic imine (C=N–C) groups is 1. The topological polar surface area (TPSA) is 174 Å². The van der Waals surface area contributed by atoms with Crippen molar-refractivity contribution < 1.29 is 33.9 Å². The number of carbonyl (C=O) groups excluding carboxylic acids is 1. The van der Waals surface area contributed by atoms with E-state index in [1.807, 2.05) is 0 Å². The van der Waals surface area contributed by atoms with E-state index in [2.05, 4.69) is 10.7 Å². The van der Waals surface area contributed by atoms with E-state index < -0.39 is 13.9 Å². The lowest BCUT2D eigenvalue weighted by Crippen LogP contribution is -2.26. The second kappa shape index (κ2) is 9.48. The summed E-state index contributed by atoms with van der Waals surface area (Å²) in [7, 11) is -4.64. The number of carbonyl (C=O) groups is 2. The standard InChI is InChI=1S/C5H6N2O2.CH3NO.H3O4P/c8-5(9)7-3-1-6-2-4-7;2-1-3;1-5(2,3)4/h1-3H,4H2,(H,8,9);1H,(H2,2,3);(H3,1,2,3,4). The summed E-state index contributed by atoms with van der Waals surface area (Å²) in [6.45, 7) is 0.353. The average Bonchev–Trinajstić information content (AvgIpc) is 2.17. The molecular formula is C6H12N3O7P. The summed E-state index contributed by atoms with van der Waals surface area (Å²) in [5.74, 6) is 0. The zero-order chi connectivity index (χ0) is 13.9. The normalized spacial score (nSPS) is 12.8. The molecule has 0 saturated heterocycles. The summed E-state index contributed by atoms with van der Waals surface area (Å²) in [4.78, 5) is 45.2. The first kappa shape index (κ1) is 17.6. The molecule has 0 unspecified atom stereocenters. The third-order valence-electron chi connectivity index (χ3n) is 0.962. The summed E-state index contributed by atoms with van der Waals surface area (Å²) in [5, 5.41) is 8.35. The van der Waals surface area contributed by atoms with Gasteiger partial charge in [-0.1, -0.05) is 0 Å². The molecule has 1 heterocycles. The number of nitrogens with two attached hydrogens (primary N) is 1. The van der Waals surface area contributed by atoms with E-state index in [-0.39, 0.29) is 6.41 Å². The fourth-order valence-corrected chi connectivity index (χ4v) is 0.518. The fraction of sp³-hybridized carbons (Fsp3) is 0.167. The van der Waals surface area contributed by atoms with Gasteiger partial charge < -0.3 is 25.5 Å². The minimum Gasteiger partial charge on any atom is -0.465 e. The lowest BCUT2D eigenvalue weighted by atomic mass is 10.5. The van der Waals surface area contributed by atoms with Crippen LogP contribution in [-0.4, -0.2) is 49.9 Å². The van der Waals surface area contributed by atoms with Crippen LogP contribution in [0.1, 0.15) is 0 Å². The summed E-state index contributed by atoms with van der Waals surface area (Å²) in [6, 6.07) is 0. The molecule has 17 heavy (non-hydrogen) atoms. The van der Waals surface area contributed by atoms with E-state index in [1.165, 1.54) is 18.6 Å². The first-order valence-electron chi connectivity index (χ1n) is 3.84. The lowest BCUT2D eigenvalue weighted by molar-refractivity contribution is -0.106. The van der Waals surface area contributed by atoms with Crippen LogP contribution in [0.3, 0.4) is 0 Å². The molecule has 0 bridgehead atoms. The van der Waals surface area contributed by atoms with Gasteiger partial charge >= 0.3 is 13.9 Å². The maximum Gasteiger partial charge on any atom is 0.466 e. The largest absolute Gasteiger partial charge is 0.466 e. The minimum absolute atomic E-state index is 0.250. The number of amides is 2. The summed E-state index contributed by atoms with van der Waals surface area (Å²) in [5.41, 5.74) is 4.17. The Bertz CT molecular complexity index is 328. The van der Waals surface area contributed by atoms with Gasteiger partial charge in [0.1, 0.15) is 0 Å². The van der Waals surface area contributed by atoms with Gasteiger partial charge in [0, 0.05) is 18.6 Å². The van der Waals surface area contributed by atoms with Gasteiger partial charge in [-0.25, -0.2) is 9.36 Å². The van der Waals surface area contributed by atoms with Crippen LogP contribution in [0.2, 0.25) is 0 Å². The molecule has 10 nitrogen and oxygen atoms in total.